The van der Waals surface area contributed by atoms with Crippen LogP contribution in [0.3, 0.4) is 0 Å². The van der Waals surface area contributed by atoms with Gasteiger partial charge < -0.3 is 4.90 Å². The number of hydrogen-bond donors (Lipinski definition) is 2. The van der Waals surface area contributed by atoms with E-state index in [-0.39, 0.29) is 5.91 Å². The maximum Gasteiger partial charge on any atom is 0.270 e. The molecule has 4 heteroatoms. The van der Waals surface area contributed by atoms with Crippen molar-refractivity contribution >= 4 is 5.91 Å². The number of nitrogens with one attached hydrogen (secondary N) is 1. The first kappa shape index (κ1) is 8.23. The van der Waals surface area contributed by atoms with Crippen LogP contribution in [0.4, 0.5) is 0 Å². The average molecular weight is 156 g/mol. The number of nitrogens with zero attached hydrogens (tertiary/aromatic N) is 1. The smallest absolute Gasteiger partial charge is 0.270 e. The average Bonchev–Trinajstić information content (AvgIpc) is 2.05. The van der Waals surface area contributed by atoms with Crippen molar-refractivity contribution in [2.45, 2.75) is 6.42 Å². The summed E-state index contributed by atoms with van der Waals surface area (Å²) in [5.74, 6) is -0.377. The van der Waals surface area contributed by atoms with Crippen LogP contribution in [0.25, 0.3) is 0 Å². The molecule has 1 amide bonds. The second-order valence-corrected chi connectivity index (χ2v) is 2.68. The van der Waals surface area contributed by atoms with Crippen LogP contribution in [0, 0.1) is 0 Å². The Bertz CT molecular complexity index is 189. The van der Waals surface area contributed by atoms with E-state index in [1.54, 1.807) is 5.48 Å². The molecule has 62 valence electrons. The molecular weight excluding hydrogens is 144 g/mol. The van der Waals surface area contributed by atoms with Crippen LogP contribution in [0.15, 0.2) is 11.6 Å². The van der Waals surface area contributed by atoms with Crippen molar-refractivity contribution in [3.8, 4) is 0 Å². The van der Waals surface area contributed by atoms with Crippen molar-refractivity contribution in [1.29, 1.82) is 0 Å². The molecule has 1 rings (SSSR count). The van der Waals surface area contributed by atoms with E-state index in [2.05, 4.69) is 4.90 Å². The molecule has 1 heterocycles. The van der Waals surface area contributed by atoms with Gasteiger partial charge in [-0.1, -0.05) is 6.08 Å². The van der Waals surface area contributed by atoms with Gasteiger partial charge in [0, 0.05) is 18.7 Å². The maximum absolute atomic E-state index is 10.8. The molecule has 0 unspecified atom stereocenters. The van der Waals surface area contributed by atoms with Gasteiger partial charge in [0.05, 0.1) is 0 Å². The first-order valence-electron chi connectivity index (χ1n) is 3.56. The Morgan fingerprint density at radius 3 is 3.00 bits per heavy atom. The normalized spacial score (nSPS) is 19.3. The van der Waals surface area contributed by atoms with Gasteiger partial charge >= 0.3 is 0 Å². The zero-order valence-electron chi connectivity index (χ0n) is 6.50. The van der Waals surface area contributed by atoms with Crippen LogP contribution in [0.1, 0.15) is 6.42 Å². The van der Waals surface area contributed by atoms with Gasteiger partial charge in [0.25, 0.3) is 5.91 Å². The second-order valence-electron chi connectivity index (χ2n) is 2.68. The zero-order chi connectivity index (χ0) is 8.27. The third-order valence-electron chi connectivity index (χ3n) is 1.81. The lowest BCUT2D eigenvalue weighted by Gasteiger charge is -2.20. The van der Waals surface area contributed by atoms with Crippen molar-refractivity contribution in [1.82, 2.24) is 10.4 Å². The number of carbonyl (C=O) groups is 1. The minimum Gasteiger partial charge on any atom is -0.302 e. The van der Waals surface area contributed by atoms with Crippen molar-refractivity contribution < 1.29 is 10.0 Å². The summed E-state index contributed by atoms with van der Waals surface area (Å²) in [6.07, 6.45) is 2.54. The third-order valence-corrected chi connectivity index (χ3v) is 1.81. The van der Waals surface area contributed by atoms with Gasteiger partial charge in [-0.25, -0.2) is 5.48 Å². The third kappa shape index (κ3) is 2.03. The van der Waals surface area contributed by atoms with Crippen molar-refractivity contribution in [2.75, 3.05) is 20.1 Å². The molecule has 11 heavy (non-hydrogen) atoms. The van der Waals surface area contributed by atoms with Crippen molar-refractivity contribution in [3.63, 3.8) is 0 Å². The Kier molecular flexibility index (Phi) is 2.62. The molecule has 0 spiro atoms. The molecule has 0 bridgehead atoms. The fraction of sp³-hybridized carbons (Fsp3) is 0.571. The minimum atomic E-state index is -0.377. The van der Waals surface area contributed by atoms with E-state index in [1.807, 2.05) is 13.1 Å². The number of carbonyl (C=O) groups excluding carboxylic acids is 1. The number of hydroxylamine groups is 1. The molecule has 0 aromatic carbocycles. The van der Waals surface area contributed by atoms with Crippen LogP contribution in [-0.2, 0) is 4.79 Å². The quantitative estimate of drug-likeness (QED) is 0.406. The number of rotatable bonds is 1. The highest BCUT2D eigenvalue weighted by atomic mass is 16.5. The monoisotopic (exact) mass is 156 g/mol. The number of hydrogen-bond acceptors (Lipinski definition) is 3. The van der Waals surface area contributed by atoms with E-state index in [9.17, 15) is 4.79 Å². The van der Waals surface area contributed by atoms with Gasteiger partial charge in [0.1, 0.15) is 0 Å². The van der Waals surface area contributed by atoms with Gasteiger partial charge in [-0.15, -0.1) is 0 Å². The van der Waals surface area contributed by atoms with Crippen LogP contribution < -0.4 is 5.48 Å². The highest BCUT2D eigenvalue weighted by molar-refractivity contribution is 5.92. The summed E-state index contributed by atoms with van der Waals surface area (Å²) >= 11 is 0. The minimum absolute atomic E-state index is 0.377. The summed E-state index contributed by atoms with van der Waals surface area (Å²) < 4.78 is 0. The summed E-state index contributed by atoms with van der Waals surface area (Å²) in [7, 11) is 1.99. The lowest BCUT2D eigenvalue weighted by atomic mass is 10.1. The highest BCUT2D eigenvalue weighted by Crippen LogP contribution is 2.08. The lowest BCUT2D eigenvalue weighted by Crippen LogP contribution is -2.30. The predicted octanol–water partition coefficient (Wildman–Crippen LogP) is -0.246. The van der Waals surface area contributed by atoms with E-state index in [1.165, 1.54) is 0 Å². The molecule has 0 saturated heterocycles. The first-order chi connectivity index (χ1) is 5.24. The molecule has 4 nitrogen and oxygen atoms in total. The Morgan fingerprint density at radius 2 is 2.55 bits per heavy atom. The van der Waals surface area contributed by atoms with Gasteiger partial charge in [-0.2, -0.15) is 0 Å². The summed E-state index contributed by atoms with van der Waals surface area (Å²) in [4.78, 5) is 12.9. The zero-order valence-corrected chi connectivity index (χ0v) is 6.50. The summed E-state index contributed by atoms with van der Waals surface area (Å²) in [5.41, 5.74) is 2.30. The maximum atomic E-state index is 10.8. The summed E-state index contributed by atoms with van der Waals surface area (Å²) in [5, 5.41) is 8.30. The Hall–Kier alpha value is -0.870. The van der Waals surface area contributed by atoms with Crippen LogP contribution in [-0.4, -0.2) is 36.2 Å². The molecule has 0 aromatic rings. The fourth-order valence-corrected chi connectivity index (χ4v) is 1.05. The number of amides is 1. The fourth-order valence-electron chi connectivity index (χ4n) is 1.05. The van der Waals surface area contributed by atoms with E-state index in [4.69, 9.17) is 5.21 Å². The summed E-state index contributed by atoms with van der Waals surface area (Å²) in [6.45, 7) is 1.65. The molecule has 1 aliphatic rings. The SMILES string of the molecule is CN1CC=C(C(=O)NO)CC1. The largest absolute Gasteiger partial charge is 0.302 e. The van der Waals surface area contributed by atoms with Crippen molar-refractivity contribution in [3.05, 3.63) is 11.6 Å². The van der Waals surface area contributed by atoms with Crippen LogP contribution >= 0.6 is 0 Å². The molecule has 1 aliphatic heterocycles. The second kappa shape index (κ2) is 3.50. The molecule has 0 radical (unpaired) electrons. The van der Waals surface area contributed by atoms with E-state index in [0.717, 1.165) is 13.1 Å². The molecule has 2 N–H and O–H groups in total. The van der Waals surface area contributed by atoms with Crippen LogP contribution in [0.5, 0.6) is 0 Å². The molecule has 0 aromatic heterocycles. The molecule has 0 saturated carbocycles. The van der Waals surface area contributed by atoms with Crippen molar-refractivity contribution in [2.24, 2.45) is 0 Å². The van der Waals surface area contributed by atoms with E-state index < -0.39 is 0 Å². The summed E-state index contributed by atoms with van der Waals surface area (Å²) in [6, 6.07) is 0. The molecular formula is C7H12N2O2. The van der Waals surface area contributed by atoms with Gasteiger partial charge in [-0.3, -0.25) is 10.0 Å². The molecule has 0 aliphatic carbocycles. The Morgan fingerprint density at radius 1 is 1.82 bits per heavy atom. The van der Waals surface area contributed by atoms with E-state index in [0.29, 0.717) is 12.0 Å². The lowest BCUT2D eigenvalue weighted by molar-refractivity contribution is -0.125. The Labute approximate surface area is 65.5 Å². The molecule has 0 atom stereocenters. The van der Waals surface area contributed by atoms with Gasteiger partial charge in [0.2, 0.25) is 0 Å². The standard InChI is InChI=1S/C7H12N2O2/c1-9-4-2-6(3-5-9)7(10)8-11/h2,11H,3-5H2,1H3,(H,8,10). The Balaban J connectivity index is 2.54. The highest BCUT2D eigenvalue weighted by Gasteiger charge is 2.13. The predicted molar refractivity (Wildman–Crippen MR) is 40.1 cm³/mol. The topological polar surface area (TPSA) is 52.6 Å². The van der Waals surface area contributed by atoms with Gasteiger partial charge in [0.15, 0.2) is 0 Å². The number of likely N-dealkylation sites (N-methyl/N-ethyl adjacent to an activating group) is 1. The first-order valence-corrected chi connectivity index (χ1v) is 3.56. The van der Waals surface area contributed by atoms with Crippen LogP contribution in [0.2, 0.25) is 0 Å². The van der Waals surface area contributed by atoms with E-state index >= 15 is 0 Å². The van der Waals surface area contributed by atoms with Gasteiger partial charge in [-0.05, 0) is 13.5 Å². The molecule has 0 fully saturated rings.